The number of aromatic nitrogens is 1. The molecular formula is C22H21N3O4. The number of carbonyl (C=O) groups excluding carboxylic acids is 2. The molecule has 148 valence electrons. The maximum absolute atomic E-state index is 13.1. The Hall–Kier alpha value is -3.19. The van der Waals surface area contributed by atoms with E-state index in [0.717, 1.165) is 25.0 Å². The Balaban J connectivity index is 1.50. The number of morpholine rings is 1. The lowest BCUT2D eigenvalue weighted by Gasteiger charge is -2.26. The van der Waals surface area contributed by atoms with E-state index in [2.05, 4.69) is 10.3 Å². The summed E-state index contributed by atoms with van der Waals surface area (Å²) in [6.07, 6.45) is 2.97. The number of amides is 2. The summed E-state index contributed by atoms with van der Waals surface area (Å²) in [5, 5.41) is 3.58. The van der Waals surface area contributed by atoms with Crippen LogP contribution in [-0.2, 0) is 17.6 Å². The number of carbonyl (C=O) groups is 2. The van der Waals surface area contributed by atoms with Gasteiger partial charge in [0, 0.05) is 24.2 Å². The van der Waals surface area contributed by atoms with Crippen LogP contribution >= 0.6 is 0 Å². The molecule has 3 aromatic rings. The summed E-state index contributed by atoms with van der Waals surface area (Å²) in [5.74, 6) is -0.452. The molecule has 1 aliphatic heterocycles. The van der Waals surface area contributed by atoms with E-state index in [-0.39, 0.29) is 17.6 Å². The molecule has 3 heterocycles. The highest BCUT2D eigenvalue weighted by Crippen LogP contribution is 2.32. The maximum Gasteiger partial charge on any atom is 0.291 e. The van der Waals surface area contributed by atoms with Crippen LogP contribution in [0.25, 0.3) is 11.0 Å². The number of furan rings is 1. The van der Waals surface area contributed by atoms with E-state index >= 15 is 0 Å². The molecule has 0 bridgehead atoms. The van der Waals surface area contributed by atoms with Gasteiger partial charge in [-0.25, -0.2) is 4.98 Å². The topological polar surface area (TPSA) is 84.7 Å². The molecule has 2 aliphatic rings. The lowest BCUT2D eigenvalue weighted by Crippen LogP contribution is -2.40. The quantitative estimate of drug-likeness (QED) is 0.742. The number of fused-ring (bicyclic) bond motifs is 2. The number of hydrogen-bond donors (Lipinski definition) is 1. The van der Waals surface area contributed by atoms with Gasteiger partial charge in [0.05, 0.1) is 13.2 Å². The molecular weight excluding hydrogens is 370 g/mol. The lowest BCUT2D eigenvalue weighted by molar-refractivity contribution is 0.0285. The summed E-state index contributed by atoms with van der Waals surface area (Å²) < 4.78 is 11.2. The number of aryl methyl sites for hydroxylation is 2. The van der Waals surface area contributed by atoms with Gasteiger partial charge < -0.3 is 19.4 Å². The van der Waals surface area contributed by atoms with Crippen molar-refractivity contribution in [3.05, 3.63) is 59.1 Å². The molecule has 0 atom stereocenters. The van der Waals surface area contributed by atoms with Crippen LogP contribution in [0.5, 0.6) is 0 Å². The highest BCUT2D eigenvalue weighted by molar-refractivity contribution is 6.13. The monoisotopic (exact) mass is 391 g/mol. The summed E-state index contributed by atoms with van der Waals surface area (Å²) in [7, 11) is 0. The summed E-state index contributed by atoms with van der Waals surface area (Å²) in [6.45, 7) is 1.98. The van der Waals surface area contributed by atoms with Crippen molar-refractivity contribution in [3.8, 4) is 0 Å². The SMILES string of the molecule is O=C(Nc1c(C(=O)N2CCOCC2)oc2ccccc12)c1ccc2c(n1)CCC2. The fourth-order valence-electron chi connectivity index (χ4n) is 3.95. The zero-order valence-electron chi connectivity index (χ0n) is 15.9. The van der Waals surface area contributed by atoms with Gasteiger partial charge in [-0.3, -0.25) is 9.59 Å². The second-order valence-corrected chi connectivity index (χ2v) is 7.32. The number of para-hydroxylation sites is 1. The standard InChI is InChI=1S/C22H21N3O4/c26-21(17-9-8-14-4-3-6-16(14)23-17)24-19-15-5-1-2-7-18(15)29-20(19)22(27)25-10-12-28-13-11-25/h1-2,5,7-9H,3-4,6,10-13H2,(H,24,26). The molecule has 1 aliphatic carbocycles. The van der Waals surface area contributed by atoms with Gasteiger partial charge in [-0.1, -0.05) is 18.2 Å². The molecule has 0 saturated carbocycles. The van der Waals surface area contributed by atoms with Gasteiger partial charge >= 0.3 is 0 Å². The molecule has 0 spiro atoms. The van der Waals surface area contributed by atoms with Gasteiger partial charge in [0.15, 0.2) is 0 Å². The van der Waals surface area contributed by atoms with Crippen LogP contribution in [0.2, 0.25) is 0 Å². The van der Waals surface area contributed by atoms with Crippen LogP contribution in [0.4, 0.5) is 5.69 Å². The lowest BCUT2D eigenvalue weighted by atomic mass is 10.2. The average Bonchev–Trinajstić information content (AvgIpc) is 3.38. The smallest absolute Gasteiger partial charge is 0.291 e. The third-order valence-electron chi connectivity index (χ3n) is 5.49. The molecule has 1 fully saturated rings. The first-order chi connectivity index (χ1) is 14.2. The molecule has 2 amide bonds. The van der Waals surface area contributed by atoms with Gasteiger partial charge in [0.25, 0.3) is 11.8 Å². The molecule has 1 N–H and O–H groups in total. The molecule has 1 aromatic carbocycles. The summed E-state index contributed by atoms with van der Waals surface area (Å²) >= 11 is 0. The molecule has 0 radical (unpaired) electrons. The number of pyridine rings is 1. The second kappa shape index (κ2) is 7.33. The Morgan fingerprint density at radius 2 is 1.86 bits per heavy atom. The van der Waals surface area contributed by atoms with E-state index in [1.807, 2.05) is 24.3 Å². The van der Waals surface area contributed by atoms with Crippen molar-refractivity contribution < 1.29 is 18.7 Å². The third-order valence-corrected chi connectivity index (χ3v) is 5.49. The fraction of sp³-hybridized carbons (Fsp3) is 0.318. The van der Waals surface area contributed by atoms with Gasteiger partial charge in [-0.05, 0) is 43.0 Å². The summed E-state index contributed by atoms with van der Waals surface area (Å²) in [4.78, 5) is 32.2. The number of anilines is 1. The van der Waals surface area contributed by atoms with Crippen molar-refractivity contribution in [2.75, 3.05) is 31.6 Å². The Bertz CT molecular complexity index is 1100. The minimum atomic E-state index is -0.345. The zero-order chi connectivity index (χ0) is 19.8. The fourth-order valence-corrected chi connectivity index (χ4v) is 3.95. The molecule has 7 nitrogen and oxygen atoms in total. The Morgan fingerprint density at radius 3 is 2.72 bits per heavy atom. The molecule has 7 heteroatoms. The van der Waals surface area contributed by atoms with Crippen molar-refractivity contribution in [3.63, 3.8) is 0 Å². The number of hydrogen-bond acceptors (Lipinski definition) is 5. The summed E-state index contributed by atoms with van der Waals surface area (Å²) in [5.41, 5.74) is 3.49. The van der Waals surface area contributed by atoms with E-state index in [1.54, 1.807) is 17.0 Å². The van der Waals surface area contributed by atoms with Gasteiger partial charge in [0.2, 0.25) is 5.76 Å². The first kappa shape index (κ1) is 17.9. The van der Waals surface area contributed by atoms with E-state index < -0.39 is 0 Å². The largest absolute Gasteiger partial charge is 0.449 e. The highest BCUT2D eigenvalue weighted by atomic mass is 16.5. The molecule has 29 heavy (non-hydrogen) atoms. The van der Waals surface area contributed by atoms with Crippen LogP contribution in [0, 0.1) is 0 Å². The number of ether oxygens (including phenoxy) is 1. The average molecular weight is 391 g/mol. The minimum absolute atomic E-state index is 0.141. The predicted molar refractivity (Wildman–Crippen MR) is 107 cm³/mol. The number of benzene rings is 1. The van der Waals surface area contributed by atoms with E-state index in [9.17, 15) is 9.59 Å². The first-order valence-electron chi connectivity index (χ1n) is 9.89. The predicted octanol–water partition coefficient (Wildman–Crippen LogP) is 3.04. The summed E-state index contributed by atoms with van der Waals surface area (Å²) in [6, 6.07) is 11.0. The van der Waals surface area contributed by atoms with Gasteiger partial charge in [0.1, 0.15) is 17.0 Å². The number of nitrogens with one attached hydrogen (secondary N) is 1. The van der Waals surface area contributed by atoms with Crippen molar-refractivity contribution in [1.82, 2.24) is 9.88 Å². The highest BCUT2D eigenvalue weighted by Gasteiger charge is 2.28. The normalized spacial score (nSPS) is 16.1. The second-order valence-electron chi connectivity index (χ2n) is 7.32. The molecule has 2 aromatic heterocycles. The number of nitrogens with zero attached hydrogens (tertiary/aromatic N) is 2. The molecule has 0 unspecified atom stereocenters. The van der Waals surface area contributed by atoms with E-state index in [0.29, 0.717) is 48.7 Å². The zero-order valence-corrected chi connectivity index (χ0v) is 15.9. The molecule has 1 saturated heterocycles. The van der Waals surface area contributed by atoms with Crippen LogP contribution in [0.1, 0.15) is 38.7 Å². The maximum atomic E-state index is 13.1. The van der Waals surface area contributed by atoms with Crippen LogP contribution in [0.3, 0.4) is 0 Å². The van der Waals surface area contributed by atoms with E-state index in [4.69, 9.17) is 9.15 Å². The van der Waals surface area contributed by atoms with Crippen molar-refractivity contribution >= 4 is 28.5 Å². The van der Waals surface area contributed by atoms with E-state index in [1.165, 1.54) is 5.56 Å². The van der Waals surface area contributed by atoms with Crippen LogP contribution < -0.4 is 5.32 Å². The Morgan fingerprint density at radius 1 is 1.03 bits per heavy atom. The van der Waals surface area contributed by atoms with Crippen LogP contribution in [-0.4, -0.2) is 48.0 Å². The third kappa shape index (κ3) is 3.27. The van der Waals surface area contributed by atoms with Crippen molar-refractivity contribution in [2.45, 2.75) is 19.3 Å². The Kier molecular flexibility index (Phi) is 4.52. The van der Waals surface area contributed by atoms with Crippen molar-refractivity contribution in [1.29, 1.82) is 0 Å². The Labute approximate surface area is 167 Å². The van der Waals surface area contributed by atoms with Gasteiger partial charge in [-0.15, -0.1) is 0 Å². The number of rotatable bonds is 3. The van der Waals surface area contributed by atoms with Gasteiger partial charge in [-0.2, -0.15) is 0 Å². The first-order valence-corrected chi connectivity index (χ1v) is 9.89. The van der Waals surface area contributed by atoms with Crippen LogP contribution in [0.15, 0.2) is 40.8 Å². The molecule has 5 rings (SSSR count). The van der Waals surface area contributed by atoms with Crippen molar-refractivity contribution in [2.24, 2.45) is 0 Å². The minimum Gasteiger partial charge on any atom is -0.449 e.